The summed E-state index contributed by atoms with van der Waals surface area (Å²) in [6.07, 6.45) is 6.30. The van der Waals surface area contributed by atoms with Crippen molar-refractivity contribution >= 4 is 17.7 Å². The summed E-state index contributed by atoms with van der Waals surface area (Å²) in [5.41, 5.74) is 0.986. The van der Waals surface area contributed by atoms with Gasteiger partial charge in [-0.25, -0.2) is 9.97 Å². The predicted octanol–water partition coefficient (Wildman–Crippen LogP) is 2.00. The molecule has 15 heavy (non-hydrogen) atoms. The highest BCUT2D eigenvalue weighted by molar-refractivity contribution is 7.98. The minimum atomic E-state index is -0.734. The Labute approximate surface area is 93.1 Å². The van der Waals surface area contributed by atoms with Gasteiger partial charge < -0.3 is 5.11 Å². The van der Waals surface area contributed by atoms with Gasteiger partial charge in [-0.15, -0.1) is 0 Å². The normalized spacial score (nSPS) is 10.2. The van der Waals surface area contributed by atoms with Crippen LogP contribution in [0.1, 0.15) is 25.0 Å². The highest BCUT2D eigenvalue weighted by Gasteiger charge is 2.00. The van der Waals surface area contributed by atoms with Gasteiger partial charge >= 0.3 is 5.97 Å². The smallest absolute Gasteiger partial charge is 0.303 e. The van der Waals surface area contributed by atoms with E-state index in [4.69, 9.17) is 5.11 Å². The fourth-order valence-electron chi connectivity index (χ4n) is 1.20. The Bertz CT molecular complexity index is 331. The third-order valence-electron chi connectivity index (χ3n) is 1.95. The van der Waals surface area contributed by atoms with Gasteiger partial charge in [-0.2, -0.15) is 0 Å². The Balaban J connectivity index is 2.33. The molecule has 0 spiro atoms. The monoisotopic (exact) mass is 226 g/mol. The Morgan fingerprint density at radius 2 is 2.33 bits per heavy atom. The van der Waals surface area contributed by atoms with Gasteiger partial charge in [0.2, 0.25) is 0 Å². The second-order valence-electron chi connectivity index (χ2n) is 3.14. The van der Waals surface area contributed by atoms with Crippen molar-refractivity contribution in [3.8, 4) is 0 Å². The van der Waals surface area contributed by atoms with E-state index < -0.39 is 5.97 Å². The maximum atomic E-state index is 10.3. The van der Waals surface area contributed by atoms with Gasteiger partial charge in [0, 0.05) is 18.3 Å². The molecule has 1 aromatic heterocycles. The van der Waals surface area contributed by atoms with E-state index >= 15 is 0 Å². The van der Waals surface area contributed by atoms with Crippen molar-refractivity contribution in [1.29, 1.82) is 0 Å². The van der Waals surface area contributed by atoms with Gasteiger partial charge in [0.05, 0.1) is 0 Å². The van der Waals surface area contributed by atoms with E-state index in [1.54, 1.807) is 6.20 Å². The number of unbranched alkanes of at least 4 members (excludes halogenated alkanes) is 1. The number of thioether (sulfide) groups is 1. The van der Waals surface area contributed by atoms with Gasteiger partial charge in [0.1, 0.15) is 0 Å². The summed E-state index contributed by atoms with van der Waals surface area (Å²) in [5.74, 6) is -0.734. The third-order valence-corrected chi connectivity index (χ3v) is 2.51. The summed E-state index contributed by atoms with van der Waals surface area (Å²) in [6, 6.07) is 1.88. The molecule has 5 heteroatoms. The van der Waals surface area contributed by atoms with Crippen LogP contribution in [0.3, 0.4) is 0 Å². The molecule has 0 aliphatic heterocycles. The van der Waals surface area contributed by atoms with Gasteiger partial charge in [0.25, 0.3) is 0 Å². The minimum Gasteiger partial charge on any atom is -0.481 e. The van der Waals surface area contributed by atoms with E-state index in [9.17, 15) is 4.79 Å². The summed E-state index contributed by atoms with van der Waals surface area (Å²) in [5, 5.41) is 9.23. The number of carboxylic acids is 1. The summed E-state index contributed by atoms with van der Waals surface area (Å²) >= 11 is 1.51. The van der Waals surface area contributed by atoms with Crippen molar-refractivity contribution in [2.75, 3.05) is 6.26 Å². The second kappa shape index (κ2) is 6.40. The van der Waals surface area contributed by atoms with Crippen LogP contribution in [0.25, 0.3) is 0 Å². The number of hydrogen-bond acceptors (Lipinski definition) is 4. The largest absolute Gasteiger partial charge is 0.481 e. The molecule has 82 valence electrons. The lowest BCUT2D eigenvalue weighted by Crippen LogP contribution is -1.97. The maximum absolute atomic E-state index is 10.3. The second-order valence-corrected chi connectivity index (χ2v) is 3.91. The predicted molar refractivity (Wildman–Crippen MR) is 59.0 cm³/mol. The molecule has 4 nitrogen and oxygen atoms in total. The SMILES string of the molecule is CSc1nccc(CCCCC(=O)O)n1. The average molecular weight is 226 g/mol. The molecule has 1 heterocycles. The van der Waals surface area contributed by atoms with E-state index in [1.807, 2.05) is 12.3 Å². The molecular formula is C10H14N2O2S. The molecule has 1 rings (SSSR count). The third kappa shape index (κ3) is 4.78. The number of rotatable bonds is 6. The van der Waals surface area contributed by atoms with Crippen LogP contribution in [0.15, 0.2) is 17.4 Å². The first-order valence-corrected chi connectivity index (χ1v) is 6.02. The topological polar surface area (TPSA) is 63.1 Å². The van der Waals surface area contributed by atoms with Crippen molar-refractivity contribution in [2.45, 2.75) is 30.8 Å². The van der Waals surface area contributed by atoms with E-state index in [2.05, 4.69) is 9.97 Å². The molecular weight excluding hydrogens is 212 g/mol. The first kappa shape index (κ1) is 12.0. The number of carbonyl (C=O) groups is 1. The highest BCUT2D eigenvalue weighted by atomic mass is 32.2. The molecule has 0 fully saturated rings. The average Bonchev–Trinajstić information content (AvgIpc) is 2.24. The van der Waals surface area contributed by atoms with Gasteiger partial charge in [-0.05, 0) is 31.6 Å². The van der Waals surface area contributed by atoms with Crippen LogP contribution < -0.4 is 0 Å². The Kier molecular flexibility index (Phi) is 5.10. The summed E-state index contributed by atoms with van der Waals surface area (Å²) in [4.78, 5) is 18.7. The highest BCUT2D eigenvalue weighted by Crippen LogP contribution is 2.09. The van der Waals surface area contributed by atoms with Crippen LogP contribution in [0, 0.1) is 0 Å². The standard InChI is InChI=1S/C10H14N2O2S/c1-15-10-11-7-6-8(12-10)4-2-3-5-9(13)14/h6-7H,2-5H2,1H3,(H,13,14). The fourth-order valence-corrected chi connectivity index (χ4v) is 1.57. The van der Waals surface area contributed by atoms with Crippen molar-refractivity contribution in [1.82, 2.24) is 9.97 Å². The van der Waals surface area contributed by atoms with E-state index in [-0.39, 0.29) is 6.42 Å². The zero-order valence-corrected chi connectivity index (χ0v) is 9.46. The van der Waals surface area contributed by atoms with Crippen molar-refractivity contribution in [3.05, 3.63) is 18.0 Å². The molecule has 1 aromatic rings. The molecule has 0 aromatic carbocycles. The Hall–Kier alpha value is -1.10. The van der Waals surface area contributed by atoms with E-state index in [0.29, 0.717) is 6.42 Å². The van der Waals surface area contributed by atoms with Crippen LogP contribution in [0.2, 0.25) is 0 Å². The zero-order chi connectivity index (χ0) is 11.1. The first-order valence-electron chi connectivity index (χ1n) is 4.80. The van der Waals surface area contributed by atoms with E-state index in [1.165, 1.54) is 11.8 Å². The fraction of sp³-hybridized carbons (Fsp3) is 0.500. The van der Waals surface area contributed by atoms with Crippen molar-refractivity contribution in [2.24, 2.45) is 0 Å². The van der Waals surface area contributed by atoms with Gasteiger partial charge in [-0.1, -0.05) is 11.8 Å². The van der Waals surface area contributed by atoms with Crippen LogP contribution in [0.5, 0.6) is 0 Å². The van der Waals surface area contributed by atoms with E-state index in [0.717, 1.165) is 23.7 Å². The lowest BCUT2D eigenvalue weighted by molar-refractivity contribution is -0.137. The molecule has 0 amide bonds. The summed E-state index contributed by atoms with van der Waals surface area (Å²) < 4.78 is 0. The number of hydrogen-bond donors (Lipinski definition) is 1. The Morgan fingerprint density at radius 1 is 1.53 bits per heavy atom. The quantitative estimate of drug-likeness (QED) is 0.456. The van der Waals surface area contributed by atoms with Gasteiger partial charge in [-0.3, -0.25) is 4.79 Å². The van der Waals surface area contributed by atoms with Crippen LogP contribution >= 0.6 is 11.8 Å². The molecule has 0 unspecified atom stereocenters. The number of aryl methyl sites for hydroxylation is 1. The summed E-state index contributed by atoms with van der Waals surface area (Å²) in [7, 11) is 0. The molecule has 0 aliphatic rings. The molecule has 1 N–H and O–H groups in total. The zero-order valence-electron chi connectivity index (χ0n) is 8.64. The Morgan fingerprint density at radius 3 is 3.00 bits per heavy atom. The number of aliphatic carboxylic acids is 1. The first-order chi connectivity index (χ1) is 7.22. The lowest BCUT2D eigenvalue weighted by atomic mass is 10.1. The summed E-state index contributed by atoms with van der Waals surface area (Å²) in [6.45, 7) is 0. The molecule has 0 saturated heterocycles. The van der Waals surface area contributed by atoms with Crippen LogP contribution in [-0.2, 0) is 11.2 Å². The molecule has 0 atom stereocenters. The molecule has 0 bridgehead atoms. The van der Waals surface area contributed by atoms with Crippen LogP contribution in [0.4, 0.5) is 0 Å². The minimum absolute atomic E-state index is 0.237. The van der Waals surface area contributed by atoms with Gasteiger partial charge in [0.15, 0.2) is 5.16 Å². The lowest BCUT2D eigenvalue weighted by Gasteiger charge is -2.00. The maximum Gasteiger partial charge on any atom is 0.303 e. The van der Waals surface area contributed by atoms with Crippen LogP contribution in [-0.4, -0.2) is 27.3 Å². The number of carboxylic acid groups (broad SMARTS) is 1. The molecule has 0 radical (unpaired) electrons. The molecule has 0 aliphatic carbocycles. The number of aromatic nitrogens is 2. The van der Waals surface area contributed by atoms with Crippen molar-refractivity contribution < 1.29 is 9.90 Å². The number of nitrogens with zero attached hydrogens (tertiary/aromatic N) is 2. The van der Waals surface area contributed by atoms with Crippen molar-refractivity contribution in [3.63, 3.8) is 0 Å². The molecule has 0 saturated carbocycles.